The first-order chi connectivity index (χ1) is 12.7. The highest BCUT2D eigenvalue weighted by molar-refractivity contribution is 5.83. The SMILES string of the molecule is Cc1ccc2nc(NCCn3c(C)nc4cccnc43)c(C#N)cc2c1. The molecule has 1 N–H and O–H groups in total. The minimum absolute atomic E-state index is 0.549. The minimum atomic E-state index is 0.549. The minimum Gasteiger partial charge on any atom is -0.367 e. The van der Waals surface area contributed by atoms with Gasteiger partial charge in [0.25, 0.3) is 0 Å². The molecule has 128 valence electrons. The summed E-state index contributed by atoms with van der Waals surface area (Å²) in [6.45, 7) is 5.32. The quantitative estimate of drug-likeness (QED) is 0.613. The number of hydrogen-bond donors (Lipinski definition) is 1. The van der Waals surface area contributed by atoms with Crippen LogP contribution in [0.2, 0.25) is 0 Å². The molecule has 3 heterocycles. The molecule has 0 spiro atoms. The number of nitrogens with zero attached hydrogens (tertiary/aromatic N) is 5. The Balaban J connectivity index is 1.58. The number of pyridine rings is 2. The van der Waals surface area contributed by atoms with E-state index in [0.717, 1.165) is 33.5 Å². The van der Waals surface area contributed by atoms with E-state index in [1.54, 1.807) is 6.20 Å². The zero-order chi connectivity index (χ0) is 18.1. The summed E-state index contributed by atoms with van der Waals surface area (Å²) in [5.41, 5.74) is 4.34. The third kappa shape index (κ3) is 2.84. The van der Waals surface area contributed by atoms with Crippen molar-refractivity contribution in [1.82, 2.24) is 19.5 Å². The van der Waals surface area contributed by atoms with Crippen LogP contribution >= 0.6 is 0 Å². The van der Waals surface area contributed by atoms with E-state index in [4.69, 9.17) is 0 Å². The molecular weight excluding hydrogens is 324 g/mol. The van der Waals surface area contributed by atoms with Crippen LogP contribution in [0.15, 0.2) is 42.6 Å². The van der Waals surface area contributed by atoms with Gasteiger partial charge in [0.15, 0.2) is 5.65 Å². The van der Waals surface area contributed by atoms with Crippen molar-refractivity contribution in [2.24, 2.45) is 0 Å². The first-order valence-corrected chi connectivity index (χ1v) is 8.49. The third-order valence-electron chi connectivity index (χ3n) is 4.41. The van der Waals surface area contributed by atoms with Gasteiger partial charge in [-0.15, -0.1) is 0 Å². The molecule has 0 atom stereocenters. The number of aromatic nitrogens is 4. The highest BCUT2D eigenvalue weighted by Crippen LogP contribution is 2.21. The molecule has 6 heteroatoms. The van der Waals surface area contributed by atoms with Crippen LogP contribution in [-0.4, -0.2) is 26.1 Å². The van der Waals surface area contributed by atoms with Gasteiger partial charge < -0.3 is 9.88 Å². The normalized spacial score (nSPS) is 11.0. The maximum absolute atomic E-state index is 9.46. The number of aryl methyl sites for hydroxylation is 2. The van der Waals surface area contributed by atoms with Gasteiger partial charge in [-0.3, -0.25) is 0 Å². The molecule has 0 saturated carbocycles. The molecule has 0 aliphatic carbocycles. The van der Waals surface area contributed by atoms with Crippen molar-refractivity contribution in [1.29, 1.82) is 5.26 Å². The fraction of sp³-hybridized carbons (Fsp3) is 0.200. The summed E-state index contributed by atoms with van der Waals surface area (Å²) < 4.78 is 2.07. The third-order valence-corrected chi connectivity index (χ3v) is 4.41. The van der Waals surface area contributed by atoms with Gasteiger partial charge in [-0.1, -0.05) is 11.6 Å². The van der Waals surface area contributed by atoms with Gasteiger partial charge in [0.05, 0.1) is 11.1 Å². The van der Waals surface area contributed by atoms with Crippen LogP contribution in [0.5, 0.6) is 0 Å². The molecule has 0 saturated heterocycles. The zero-order valence-electron chi connectivity index (χ0n) is 14.7. The van der Waals surface area contributed by atoms with Crippen LogP contribution in [0.25, 0.3) is 22.1 Å². The molecule has 3 aromatic heterocycles. The van der Waals surface area contributed by atoms with Gasteiger partial charge in [-0.25, -0.2) is 15.0 Å². The van der Waals surface area contributed by atoms with Crippen LogP contribution < -0.4 is 5.32 Å². The Hall–Kier alpha value is -3.46. The van der Waals surface area contributed by atoms with E-state index in [2.05, 4.69) is 30.9 Å². The number of hydrogen-bond acceptors (Lipinski definition) is 5. The molecule has 0 fully saturated rings. The Morgan fingerprint density at radius 3 is 2.85 bits per heavy atom. The summed E-state index contributed by atoms with van der Waals surface area (Å²) in [6.07, 6.45) is 1.77. The second-order valence-electron chi connectivity index (χ2n) is 6.28. The second kappa shape index (κ2) is 6.45. The molecule has 0 bridgehead atoms. The summed E-state index contributed by atoms with van der Waals surface area (Å²) >= 11 is 0. The van der Waals surface area contributed by atoms with Crippen LogP contribution in [-0.2, 0) is 6.54 Å². The largest absolute Gasteiger partial charge is 0.367 e. The smallest absolute Gasteiger partial charge is 0.160 e. The molecule has 6 nitrogen and oxygen atoms in total. The van der Waals surface area contributed by atoms with E-state index in [0.29, 0.717) is 24.5 Å². The molecule has 0 aliphatic rings. The van der Waals surface area contributed by atoms with Crippen molar-refractivity contribution < 1.29 is 0 Å². The first-order valence-electron chi connectivity index (χ1n) is 8.49. The van der Waals surface area contributed by atoms with Gasteiger partial charge in [0.2, 0.25) is 0 Å². The molecule has 4 aromatic rings. The molecule has 4 rings (SSSR count). The fourth-order valence-electron chi connectivity index (χ4n) is 3.14. The predicted octanol–water partition coefficient (Wildman–Crippen LogP) is 3.58. The van der Waals surface area contributed by atoms with Crippen LogP contribution in [0.4, 0.5) is 5.82 Å². The zero-order valence-corrected chi connectivity index (χ0v) is 14.7. The second-order valence-corrected chi connectivity index (χ2v) is 6.28. The first kappa shape index (κ1) is 16.0. The molecule has 26 heavy (non-hydrogen) atoms. The number of nitrogens with one attached hydrogen (secondary N) is 1. The lowest BCUT2D eigenvalue weighted by atomic mass is 10.1. The summed E-state index contributed by atoms with van der Waals surface area (Å²) in [6, 6.07) is 14.0. The van der Waals surface area contributed by atoms with Crippen LogP contribution in [0.1, 0.15) is 17.0 Å². The number of rotatable bonds is 4. The highest BCUT2D eigenvalue weighted by Gasteiger charge is 2.09. The molecule has 0 unspecified atom stereocenters. The van der Waals surface area contributed by atoms with E-state index >= 15 is 0 Å². The van der Waals surface area contributed by atoms with Crippen molar-refractivity contribution >= 4 is 27.9 Å². The standard InChI is InChI=1S/C20H18N6/c1-13-5-6-17-15(10-13)11-16(12-21)19(25-17)22-8-9-26-14(2)24-18-4-3-7-23-20(18)26/h3-7,10-11H,8-9H2,1-2H3,(H,22,25). The predicted molar refractivity (Wildman–Crippen MR) is 102 cm³/mol. The Kier molecular flexibility index (Phi) is 3.98. The van der Waals surface area contributed by atoms with E-state index in [1.165, 1.54) is 0 Å². The van der Waals surface area contributed by atoms with Crippen molar-refractivity contribution in [2.75, 3.05) is 11.9 Å². The summed E-state index contributed by atoms with van der Waals surface area (Å²) in [5, 5.41) is 13.7. The molecular formula is C20H18N6. The van der Waals surface area contributed by atoms with Crippen molar-refractivity contribution in [3.8, 4) is 6.07 Å². The average molecular weight is 342 g/mol. The Morgan fingerprint density at radius 2 is 2.00 bits per heavy atom. The van der Waals surface area contributed by atoms with Gasteiger partial charge in [0.1, 0.15) is 23.2 Å². The average Bonchev–Trinajstić information content (AvgIpc) is 2.96. The lowest BCUT2D eigenvalue weighted by Crippen LogP contribution is -2.13. The Labute approximate surface area is 151 Å². The van der Waals surface area contributed by atoms with E-state index < -0.39 is 0 Å². The summed E-state index contributed by atoms with van der Waals surface area (Å²) in [4.78, 5) is 13.6. The van der Waals surface area contributed by atoms with Crippen molar-refractivity contribution in [3.63, 3.8) is 0 Å². The number of imidazole rings is 1. The number of nitriles is 1. The number of anilines is 1. The Bertz CT molecular complexity index is 1150. The molecule has 1 aromatic carbocycles. The highest BCUT2D eigenvalue weighted by atomic mass is 15.1. The van der Waals surface area contributed by atoms with Crippen LogP contribution in [0.3, 0.4) is 0 Å². The Morgan fingerprint density at radius 1 is 1.12 bits per heavy atom. The topological polar surface area (TPSA) is 79.4 Å². The summed E-state index contributed by atoms with van der Waals surface area (Å²) in [7, 11) is 0. The monoisotopic (exact) mass is 342 g/mol. The lowest BCUT2D eigenvalue weighted by Gasteiger charge is -2.11. The van der Waals surface area contributed by atoms with Crippen molar-refractivity contribution in [3.05, 3.63) is 59.5 Å². The fourth-order valence-corrected chi connectivity index (χ4v) is 3.14. The van der Waals surface area contributed by atoms with E-state index in [9.17, 15) is 5.26 Å². The van der Waals surface area contributed by atoms with E-state index in [1.807, 2.05) is 50.2 Å². The number of fused-ring (bicyclic) bond motifs is 2. The van der Waals surface area contributed by atoms with Gasteiger partial charge in [0, 0.05) is 24.7 Å². The molecule has 0 amide bonds. The molecule has 0 radical (unpaired) electrons. The van der Waals surface area contributed by atoms with Gasteiger partial charge in [-0.05, 0) is 44.2 Å². The molecule has 0 aliphatic heterocycles. The maximum Gasteiger partial charge on any atom is 0.160 e. The van der Waals surface area contributed by atoms with Gasteiger partial charge in [-0.2, -0.15) is 5.26 Å². The summed E-state index contributed by atoms with van der Waals surface area (Å²) in [5.74, 6) is 1.53. The van der Waals surface area contributed by atoms with E-state index in [-0.39, 0.29) is 0 Å². The maximum atomic E-state index is 9.46. The van der Waals surface area contributed by atoms with Crippen molar-refractivity contribution in [2.45, 2.75) is 20.4 Å². The number of benzene rings is 1. The van der Waals surface area contributed by atoms with Gasteiger partial charge >= 0.3 is 0 Å². The van der Waals surface area contributed by atoms with Crippen LogP contribution in [0, 0.1) is 25.2 Å². The lowest BCUT2D eigenvalue weighted by molar-refractivity contribution is 0.714.